The zero-order valence-corrected chi connectivity index (χ0v) is 22.1. The van der Waals surface area contributed by atoms with Crippen LogP contribution in [0.5, 0.6) is 0 Å². The second kappa shape index (κ2) is 9.14. The van der Waals surface area contributed by atoms with E-state index in [1.165, 1.54) is 11.6 Å². The lowest BCUT2D eigenvalue weighted by Crippen LogP contribution is -2.47. The van der Waals surface area contributed by atoms with E-state index in [0.717, 1.165) is 59.9 Å². The molecule has 1 saturated carbocycles. The lowest BCUT2D eigenvalue weighted by molar-refractivity contribution is 0.128. The second-order valence-electron chi connectivity index (χ2n) is 11.6. The van der Waals surface area contributed by atoms with Gasteiger partial charge >= 0.3 is 0 Å². The molecule has 5 aromatic heterocycles. The van der Waals surface area contributed by atoms with Crippen LogP contribution >= 0.6 is 0 Å². The molecule has 9 heteroatoms. The van der Waals surface area contributed by atoms with Gasteiger partial charge in [-0.2, -0.15) is 0 Å². The molecule has 4 N–H and O–H groups in total. The van der Waals surface area contributed by atoms with Gasteiger partial charge in [0.15, 0.2) is 11.6 Å². The molecular weight excluding hydrogens is 491 g/mol. The van der Waals surface area contributed by atoms with Crippen molar-refractivity contribution in [3.8, 4) is 22.8 Å². The molecule has 1 unspecified atom stereocenters. The predicted molar refractivity (Wildman–Crippen MR) is 149 cm³/mol. The summed E-state index contributed by atoms with van der Waals surface area (Å²) in [5.74, 6) is 0.905. The number of hydrogen-bond donors (Lipinski definition) is 3. The Hall–Kier alpha value is -3.82. The molecule has 0 amide bonds. The number of fused-ring (bicyclic) bond motifs is 2. The summed E-state index contributed by atoms with van der Waals surface area (Å²) in [7, 11) is 0. The van der Waals surface area contributed by atoms with Crippen LogP contribution in [-0.4, -0.2) is 43.0 Å². The van der Waals surface area contributed by atoms with E-state index in [1.54, 1.807) is 18.5 Å². The number of halogens is 1. The fourth-order valence-electron chi connectivity index (χ4n) is 6.18. The maximum Gasteiger partial charge on any atom is 0.160 e. The van der Waals surface area contributed by atoms with E-state index in [9.17, 15) is 4.39 Å². The monoisotopic (exact) mass is 522 g/mol. The van der Waals surface area contributed by atoms with Crippen molar-refractivity contribution in [1.82, 2.24) is 35.2 Å². The number of aromatic nitrogens is 6. The van der Waals surface area contributed by atoms with Gasteiger partial charge in [0.25, 0.3) is 0 Å². The normalized spacial score (nSPS) is 19.9. The maximum atomic E-state index is 14.5. The zero-order chi connectivity index (χ0) is 26.7. The Bertz CT molecular complexity index is 1710. The van der Waals surface area contributed by atoms with Crippen LogP contribution < -0.4 is 11.1 Å². The third kappa shape index (κ3) is 4.17. The van der Waals surface area contributed by atoms with Crippen LogP contribution in [0, 0.1) is 17.2 Å². The van der Waals surface area contributed by atoms with E-state index >= 15 is 0 Å². The highest BCUT2D eigenvalue weighted by Gasteiger charge is 2.39. The van der Waals surface area contributed by atoms with E-state index < -0.39 is 5.82 Å². The molecule has 2 fully saturated rings. The average molecular weight is 523 g/mol. The molecule has 7 rings (SSSR count). The van der Waals surface area contributed by atoms with Crippen molar-refractivity contribution in [3.63, 3.8) is 0 Å². The van der Waals surface area contributed by atoms with Gasteiger partial charge in [-0.05, 0) is 72.9 Å². The summed E-state index contributed by atoms with van der Waals surface area (Å²) < 4.78 is 14.5. The topological polar surface area (TPSA) is 118 Å². The first-order valence-corrected chi connectivity index (χ1v) is 13.6. The van der Waals surface area contributed by atoms with Crippen molar-refractivity contribution in [2.24, 2.45) is 17.1 Å². The van der Waals surface area contributed by atoms with Crippen LogP contribution in [0.4, 0.5) is 4.39 Å². The molecule has 1 aliphatic heterocycles. The zero-order valence-electron chi connectivity index (χ0n) is 22.1. The van der Waals surface area contributed by atoms with E-state index in [0.29, 0.717) is 23.1 Å². The number of rotatable bonds is 5. The number of nitrogens with one attached hydrogen (secondary N) is 2. The summed E-state index contributed by atoms with van der Waals surface area (Å²) in [5.41, 5.74) is 12.3. The van der Waals surface area contributed by atoms with Crippen molar-refractivity contribution < 1.29 is 4.39 Å². The van der Waals surface area contributed by atoms with Gasteiger partial charge in [-0.1, -0.05) is 13.8 Å². The average Bonchev–Trinajstić information content (AvgIpc) is 3.69. The van der Waals surface area contributed by atoms with Gasteiger partial charge < -0.3 is 16.0 Å². The number of hydrogen-bond acceptors (Lipinski definition) is 7. The van der Waals surface area contributed by atoms with Crippen molar-refractivity contribution in [2.45, 2.75) is 45.1 Å². The lowest BCUT2D eigenvalue weighted by Gasteiger charge is -2.42. The van der Waals surface area contributed by atoms with Crippen LogP contribution in [0.2, 0.25) is 0 Å². The summed E-state index contributed by atoms with van der Waals surface area (Å²) in [4.78, 5) is 26.7. The molecule has 6 heterocycles. The molecule has 2 atom stereocenters. The Balaban J connectivity index is 1.43. The molecule has 8 nitrogen and oxygen atoms in total. The van der Waals surface area contributed by atoms with E-state index in [2.05, 4.69) is 39.1 Å². The van der Waals surface area contributed by atoms with Gasteiger partial charge in [0, 0.05) is 41.5 Å². The quantitative estimate of drug-likeness (QED) is 0.287. The van der Waals surface area contributed by atoms with E-state index in [1.807, 2.05) is 24.5 Å². The molecule has 0 aromatic carbocycles. The third-order valence-electron chi connectivity index (χ3n) is 8.43. The van der Waals surface area contributed by atoms with Gasteiger partial charge in [0.05, 0.1) is 29.1 Å². The minimum absolute atomic E-state index is 0.0219. The summed E-state index contributed by atoms with van der Waals surface area (Å²) in [6.07, 6.45) is 10.4. The number of piperidine rings is 1. The van der Waals surface area contributed by atoms with Crippen LogP contribution in [0.1, 0.15) is 56.3 Å². The van der Waals surface area contributed by atoms with Crippen LogP contribution in [-0.2, 0) is 0 Å². The molecule has 1 saturated heterocycles. The number of pyridine rings is 3. The number of aromatic amines is 1. The summed E-state index contributed by atoms with van der Waals surface area (Å²) in [5, 5.41) is 5.37. The number of nitrogens with zero attached hydrogens (tertiary/aromatic N) is 5. The van der Waals surface area contributed by atoms with Crippen molar-refractivity contribution >= 4 is 21.9 Å². The fourth-order valence-corrected chi connectivity index (χ4v) is 6.18. The Labute approximate surface area is 225 Å². The van der Waals surface area contributed by atoms with Crippen molar-refractivity contribution in [3.05, 3.63) is 66.1 Å². The standard InChI is InChI=1S/C30H31FN8/c1-30(2)15-33-10-8-20(30)25(32)27-24-19(16-5-6-16)13-34-14-23(24)38-29(39-27)17-7-11-36-28-18(17)12-22(37-28)26-21(31)4-3-9-35-26/h3-4,7,9,11-14,16,20,25,33H,5-6,8,10,15,32H2,1-2H3,(H,36,37)/t20-,25?/m1/s1. The van der Waals surface area contributed by atoms with Crippen molar-refractivity contribution in [1.29, 1.82) is 0 Å². The molecular formula is C30H31FN8. The SMILES string of the molecule is CC1(C)CNCC[C@@H]1C(N)c1nc(-c2ccnc3[nH]c(-c4ncccc4F)cc23)nc2cncc(C3CC3)c12. The molecule has 198 valence electrons. The van der Waals surface area contributed by atoms with Gasteiger partial charge in [-0.25, -0.2) is 19.3 Å². The van der Waals surface area contributed by atoms with Crippen LogP contribution in [0.25, 0.3) is 44.7 Å². The highest BCUT2D eigenvalue weighted by atomic mass is 19.1. The summed E-state index contributed by atoms with van der Waals surface area (Å²) in [6, 6.07) is 6.48. The molecule has 2 aliphatic rings. The molecule has 39 heavy (non-hydrogen) atoms. The lowest BCUT2D eigenvalue weighted by atomic mass is 9.70. The number of nitrogens with two attached hydrogens (primary N) is 1. The predicted octanol–water partition coefficient (Wildman–Crippen LogP) is 5.28. The number of H-pyrrole nitrogens is 1. The molecule has 1 aliphatic carbocycles. The third-order valence-corrected chi connectivity index (χ3v) is 8.43. The van der Waals surface area contributed by atoms with Gasteiger partial charge in [0.2, 0.25) is 0 Å². The van der Waals surface area contributed by atoms with E-state index in [4.69, 9.17) is 15.7 Å². The highest BCUT2D eigenvalue weighted by molar-refractivity contribution is 5.96. The minimum atomic E-state index is -0.399. The Morgan fingerprint density at radius 3 is 2.74 bits per heavy atom. The minimum Gasteiger partial charge on any atom is -0.338 e. The first kappa shape index (κ1) is 24.2. The van der Waals surface area contributed by atoms with Crippen LogP contribution in [0.15, 0.2) is 49.1 Å². The summed E-state index contributed by atoms with van der Waals surface area (Å²) >= 11 is 0. The molecule has 5 aromatic rings. The van der Waals surface area contributed by atoms with E-state index in [-0.39, 0.29) is 23.1 Å². The Morgan fingerprint density at radius 1 is 1.08 bits per heavy atom. The van der Waals surface area contributed by atoms with Crippen molar-refractivity contribution in [2.75, 3.05) is 13.1 Å². The Morgan fingerprint density at radius 2 is 1.95 bits per heavy atom. The van der Waals surface area contributed by atoms with Gasteiger partial charge in [0.1, 0.15) is 11.3 Å². The summed E-state index contributed by atoms with van der Waals surface area (Å²) in [6.45, 7) is 6.42. The smallest absolute Gasteiger partial charge is 0.160 e. The first-order chi connectivity index (χ1) is 18.9. The Kier molecular flexibility index (Phi) is 5.68. The fraction of sp³-hybridized carbons (Fsp3) is 0.367. The largest absolute Gasteiger partial charge is 0.338 e. The van der Waals surface area contributed by atoms with Gasteiger partial charge in [-0.15, -0.1) is 0 Å². The molecule has 0 spiro atoms. The second-order valence-corrected chi connectivity index (χ2v) is 11.6. The first-order valence-electron chi connectivity index (χ1n) is 13.6. The molecule has 0 radical (unpaired) electrons. The highest BCUT2D eigenvalue weighted by Crippen LogP contribution is 2.46. The van der Waals surface area contributed by atoms with Gasteiger partial charge in [-0.3, -0.25) is 9.97 Å². The maximum absolute atomic E-state index is 14.5. The molecule has 0 bridgehead atoms. The van der Waals surface area contributed by atoms with Crippen LogP contribution in [0.3, 0.4) is 0 Å².